The van der Waals surface area contributed by atoms with E-state index in [-0.39, 0.29) is 17.1 Å². The minimum absolute atomic E-state index is 0.184. The molecule has 0 bridgehead atoms. The van der Waals surface area contributed by atoms with Crippen LogP contribution in [0.2, 0.25) is 0 Å². The van der Waals surface area contributed by atoms with Crippen LogP contribution in [-0.4, -0.2) is 5.78 Å². The Labute approximate surface area is 130 Å². The predicted molar refractivity (Wildman–Crippen MR) is 84.6 cm³/mol. The van der Waals surface area contributed by atoms with Gasteiger partial charge in [-0.1, -0.05) is 54.6 Å². The number of hydrogen-bond donors (Lipinski definition) is 0. The Morgan fingerprint density at radius 3 is 2.41 bits per heavy atom. The van der Waals surface area contributed by atoms with E-state index in [2.05, 4.69) is 12.1 Å². The molecule has 0 aromatic heterocycles. The smallest absolute Gasteiger partial charge is 0.171 e. The highest BCUT2D eigenvalue weighted by atomic mass is 16.1. The van der Waals surface area contributed by atoms with Crippen LogP contribution in [0.25, 0.3) is 0 Å². The van der Waals surface area contributed by atoms with E-state index in [0.29, 0.717) is 12.3 Å². The highest BCUT2D eigenvalue weighted by molar-refractivity contribution is 6.07. The number of nitriles is 1. The van der Waals surface area contributed by atoms with Gasteiger partial charge in [0.15, 0.2) is 5.78 Å². The van der Waals surface area contributed by atoms with E-state index < -0.39 is 0 Å². The lowest BCUT2D eigenvalue weighted by atomic mass is 9.66. The van der Waals surface area contributed by atoms with Gasteiger partial charge in [-0.2, -0.15) is 5.26 Å². The van der Waals surface area contributed by atoms with Crippen molar-refractivity contribution in [3.63, 3.8) is 0 Å². The molecule has 0 N–H and O–H groups in total. The van der Waals surface area contributed by atoms with Gasteiger partial charge >= 0.3 is 0 Å². The maximum Gasteiger partial charge on any atom is 0.171 e. The number of hydrogen-bond acceptors (Lipinski definition) is 2. The molecular weight excluding hydrogens is 270 g/mol. The summed E-state index contributed by atoms with van der Waals surface area (Å²) in [4.78, 5) is 13.1. The summed E-state index contributed by atoms with van der Waals surface area (Å²) in [6.07, 6.45) is 2.65. The maximum absolute atomic E-state index is 13.1. The number of nitrogens with zero attached hydrogens (tertiary/aromatic N) is 1. The number of carbonyl (C=O) groups is 1. The third-order valence-corrected chi connectivity index (χ3v) is 5.28. The second-order valence-corrected chi connectivity index (χ2v) is 6.40. The summed E-state index contributed by atoms with van der Waals surface area (Å²) >= 11 is 0. The summed E-state index contributed by atoms with van der Waals surface area (Å²) < 4.78 is 0. The van der Waals surface area contributed by atoms with E-state index in [0.717, 1.165) is 29.5 Å². The van der Waals surface area contributed by atoms with Crippen LogP contribution in [-0.2, 0) is 5.41 Å². The average Bonchev–Trinajstić information content (AvgIpc) is 3.37. The normalized spacial score (nSPS) is 26.5. The maximum atomic E-state index is 13.1. The van der Waals surface area contributed by atoms with Crippen molar-refractivity contribution < 1.29 is 4.79 Å². The van der Waals surface area contributed by atoms with Crippen molar-refractivity contribution in [2.45, 2.75) is 30.6 Å². The van der Waals surface area contributed by atoms with E-state index in [1.54, 1.807) is 0 Å². The van der Waals surface area contributed by atoms with E-state index in [1.807, 2.05) is 48.5 Å². The third kappa shape index (κ3) is 1.69. The van der Waals surface area contributed by atoms with Crippen LogP contribution >= 0.6 is 0 Å². The van der Waals surface area contributed by atoms with E-state index in [1.165, 1.54) is 0 Å². The number of ketones is 1. The van der Waals surface area contributed by atoms with Crippen LogP contribution in [0.5, 0.6) is 0 Å². The zero-order chi connectivity index (χ0) is 15.2. The van der Waals surface area contributed by atoms with Crippen LogP contribution in [0.15, 0.2) is 54.6 Å². The molecule has 0 amide bonds. The standard InChI is InChI=1S/C20H17NO/c21-13-12-20(15-10-11-15)17-9-5-4-8-16(17)19(22)18(20)14-6-2-1-3-7-14/h1-9,15,18H,10-12H2/t18-,20+/m0/s1. The van der Waals surface area contributed by atoms with Gasteiger partial charge < -0.3 is 0 Å². The molecule has 0 radical (unpaired) electrons. The first kappa shape index (κ1) is 13.3. The molecule has 2 aromatic carbocycles. The molecule has 0 heterocycles. The molecule has 108 valence electrons. The Hall–Kier alpha value is -2.40. The summed E-state index contributed by atoms with van der Waals surface area (Å²) in [7, 11) is 0. The summed E-state index contributed by atoms with van der Waals surface area (Å²) in [6.45, 7) is 0. The summed E-state index contributed by atoms with van der Waals surface area (Å²) in [5, 5.41) is 9.48. The van der Waals surface area contributed by atoms with Gasteiger partial charge in [-0.3, -0.25) is 4.79 Å². The molecule has 2 aliphatic carbocycles. The first-order valence-electron chi connectivity index (χ1n) is 7.84. The fourth-order valence-corrected chi connectivity index (χ4v) is 4.27. The Bertz CT molecular complexity index is 770. The zero-order valence-electron chi connectivity index (χ0n) is 12.3. The topological polar surface area (TPSA) is 40.9 Å². The predicted octanol–water partition coefficient (Wildman–Crippen LogP) is 4.23. The van der Waals surface area contributed by atoms with Crippen molar-refractivity contribution in [3.05, 3.63) is 71.3 Å². The highest BCUT2D eigenvalue weighted by Crippen LogP contribution is 2.61. The second kappa shape index (κ2) is 4.81. The molecule has 0 aliphatic heterocycles. The molecule has 2 aromatic rings. The number of benzene rings is 2. The molecule has 1 saturated carbocycles. The minimum atomic E-state index is -0.330. The van der Waals surface area contributed by atoms with Crippen molar-refractivity contribution in [1.82, 2.24) is 0 Å². The number of rotatable bonds is 3. The second-order valence-electron chi connectivity index (χ2n) is 6.40. The zero-order valence-corrected chi connectivity index (χ0v) is 12.3. The molecule has 2 atom stereocenters. The van der Waals surface area contributed by atoms with E-state index >= 15 is 0 Å². The van der Waals surface area contributed by atoms with Crippen molar-refractivity contribution in [2.75, 3.05) is 0 Å². The van der Waals surface area contributed by atoms with Gasteiger partial charge in [0, 0.05) is 17.4 Å². The lowest BCUT2D eigenvalue weighted by Gasteiger charge is -2.34. The van der Waals surface area contributed by atoms with Crippen LogP contribution in [0.4, 0.5) is 0 Å². The molecule has 2 heteroatoms. The fraction of sp³-hybridized carbons (Fsp3) is 0.300. The van der Waals surface area contributed by atoms with Gasteiger partial charge in [0.1, 0.15) is 0 Å². The molecule has 0 saturated heterocycles. The summed E-state index contributed by atoms with van der Waals surface area (Å²) in [6, 6.07) is 20.3. The van der Waals surface area contributed by atoms with Gasteiger partial charge in [0.2, 0.25) is 0 Å². The summed E-state index contributed by atoms with van der Waals surface area (Å²) in [5.74, 6) is 0.423. The van der Waals surface area contributed by atoms with E-state index in [4.69, 9.17) is 0 Å². The van der Waals surface area contributed by atoms with Crippen molar-refractivity contribution in [2.24, 2.45) is 5.92 Å². The largest absolute Gasteiger partial charge is 0.293 e. The number of fused-ring (bicyclic) bond motifs is 1. The van der Waals surface area contributed by atoms with Crippen LogP contribution in [0, 0.1) is 17.2 Å². The highest BCUT2D eigenvalue weighted by Gasteiger charge is 2.59. The van der Waals surface area contributed by atoms with Gasteiger partial charge in [0.25, 0.3) is 0 Å². The lowest BCUT2D eigenvalue weighted by Crippen LogP contribution is -2.34. The molecule has 4 rings (SSSR count). The first-order chi connectivity index (χ1) is 10.8. The third-order valence-electron chi connectivity index (χ3n) is 5.28. The Morgan fingerprint density at radius 2 is 1.73 bits per heavy atom. The molecule has 0 spiro atoms. The first-order valence-corrected chi connectivity index (χ1v) is 7.84. The van der Waals surface area contributed by atoms with Crippen LogP contribution < -0.4 is 0 Å². The molecule has 2 nitrogen and oxygen atoms in total. The van der Waals surface area contributed by atoms with Crippen molar-refractivity contribution >= 4 is 5.78 Å². The van der Waals surface area contributed by atoms with Crippen LogP contribution in [0.3, 0.4) is 0 Å². The Morgan fingerprint density at radius 1 is 1.05 bits per heavy atom. The van der Waals surface area contributed by atoms with E-state index in [9.17, 15) is 10.1 Å². The van der Waals surface area contributed by atoms with Gasteiger partial charge in [-0.25, -0.2) is 0 Å². The Kier molecular flexibility index (Phi) is 2.90. The molecule has 1 fully saturated rings. The Balaban J connectivity index is 1.97. The number of Topliss-reactive ketones (excluding diaryl/α,β-unsaturated/α-hetero) is 1. The molecule has 22 heavy (non-hydrogen) atoms. The van der Waals surface area contributed by atoms with Gasteiger partial charge in [-0.05, 0) is 29.9 Å². The van der Waals surface area contributed by atoms with Gasteiger partial charge in [-0.15, -0.1) is 0 Å². The fourth-order valence-electron chi connectivity index (χ4n) is 4.27. The minimum Gasteiger partial charge on any atom is -0.293 e. The van der Waals surface area contributed by atoms with Crippen molar-refractivity contribution in [3.8, 4) is 6.07 Å². The lowest BCUT2D eigenvalue weighted by molar-refractivity contribution is 0.0933. The van der Waals surface area contributed by atoms with Crippen LogP contribution in [0.1, 0.15) is 46.7 Å². The SMILES string of the molecule is N#CC[C@@]1(C2CC2)c2ccccc2C(=O)[C@@H]1c1ccccc1. The average molecular weight is 287 g/mol. The number of carbonyl (C=O) groups excluding carboxylic acids is 1. The van der Waals surface area contributed by atoms with Gasteiger partial charge in [0.05, 0.1) is 12.0 Å². The van der Waals surface area contributed by atoms with Crippen molar-refractivity contribution in [1.29, 1.82) is 5.26 Å². The molecular formula is C20H17NO. The summed E-state index contributed by atoms with van der Waals surface area (Å²) in [5.41, 5.74) is 2.63. The molecule has 2 aliphatic rings. The molecule has 0 unspecified atom stereocenters. The monoisotopic (exact) mass is 287 g/mol. The quantitative estimate of drug-likeness (QED) is 0.847.